The lowest BCUT2D eigenvalue weighted by Crippen LogP contribution is -1.72. The van der Waals surface area contributed by atoms with Crippen molar-refractivity contribution in [1.82, 2.24) is 0 Å². The number of furan rings is 1. The third-order valence-electron chi connectivity index (χ3n) is 2.59. The average molecular weight is 200 g/mol. The van der Waals surface area contributed by atoms with Crippen LogP contribution in [-0.2, 0) is 0 Å². The smallest absolute Gasteiger partial charge is 0.138 e. The highest BCUT2D eigenvalue weighted by Crippen LogP contribution is 2.29. The van der Waals surface area contributed by atoms with Gasteiger partial charge in [-0.3, -0.25) is 0 Å². The topological polar surface area (TPSA) is 13.1 Å². The van der Waals surface area contributed by atoms with Gasteiger partial charge in [0.1, 0.15) is 17.0 Å². The summed E-state index contributed by atoms with van der Waals surface area (Å²) in [7, 11) is 0. The van der Waals surface area contributed by atoms with Crippen LogP contribution in [0.2, 0.25) is 0 Å². The van der Waals surface area contributed by atoms with Gasteiger partial charge in [-0.25, -0.2) is 4.39 Å². The molecule has 0 N–H and O–H groups in total. The zero-order valence-electron chi connectivity index (χ0n) is 8.25. The first-order valence-corrected chi connectivity index (χ1v) is 4.82. The maximum atomic E-state index is 13.0. The zero-order chi connectivity index (χ0) is 10.4. The van der Waals surface area contributed by atoms with Gasteiger partial charge in [0.15, 0.2) is 0 Å². The summed E-state index contributed by atoms with van der Waals surface area (Å²) in [6.07, 6.45) is 0. The maximum absolute atomic E-state index is 13.0. The van der Waals surface area contributed by atoms with E-state index < -0.39 is 0 Å². The first-order valence-electron chi connectivity index (χ1n) is 4.82. The molecule has 0 saturated carbocycles. The van der Waals surface area contributed by atoms with Crippen LogP contribution in [0.15, 0.2) is 40.8 Å². The molecule has 3 aromatic rings. The number of rotatable bonds is 0. The van der Waals surface area contributed by atoms with Crippen molar-refractivity contribution in [2.45, 2.75) is 6.92 Å². The molecule has 0 aliphatic rings. The predicted octanol–water partition coefficient (Wildman–Crippen LogP) is 4.03. The summed E-state index contributed by atoms with van der Waals surface area (Å²) in [5, 5.41) is 2.01. The fourth-order valence-corrected chi connectivity index (χ4v) is 1.86. The second kappa shape index (κ2) is 2.83. The van der Waals surface area contributed by atoms with Gasteiger partial charge in [0.2, 0.25) is 0 Å². The van der Waals surface area contributed by atoms with E-state index in [0.717, 1.165) is 16.4 Å². The van der Waals surface area contributed by atoms with Crippen molar-refractivity contribution in [3.8, 4) is 0 Å². The van der Waals surface area contributed by atoms with E-state index in [1.54, 1.807) is 6.07 Å². The van der Waals surface area contributed by atoms with E-state index >= 15 is 0 Å². The molecule has 1 heterocycles. The van der Waals surface area contributed by atoms with E-state index in [1.807, 2.05) is 19.1 Å². The normalized spacial score (nSPS) is 11.3. The van der Waals surface area contributed by atoms with Crippen LogP contribution in [0.4, 0.5) is 4.39 Å². The van der Waals surface area contributed by atoms with Gasteiger partial charge in [-0.05, 0) is 31.2 Å². The molecule has 0 aliphatic heterocycles. The molecule has 15 heavy (non-hydrogen) atoms. The Morgan fingerprint density at radius 2 is 1.80 bits per heavy atom. The van der Waals surface area contributed by atoms with E-state index in [-0.39, 0.29) is 5.82 Å². The lowest BCUT2D eigenvalue weighted by Gasteiger charge is -1.91. The molecule has 0 spiro atoms. The largest absolute Gasteiger partial charge is 0.456 e. The van der Waals surface area contributed by atoms with Crippen LogP contribution in [0.3, 0.4) is 0 Å². The summed E-state index contributed by atoms with van der Waals surface area (Å²) in [4.78, 5) is 0. The summed E-state index contributed by atoms with van der Waals surface area (Å²) in [5.74, 6) is -0.265. The molecule has 3 rings (SSSR count). The Balaban J connectivity index is 2.53. The van der Waals surface area contributed by atoms with Gasteiger partial charge in [-0.1, -0.05) is 11.6 Å². The molecular formula is C13H9FO. The minimum absolute atomic E-state index is 0.265. The summed E-state index contributed by atoms with van der Waals surface area (Å²) in [6, 6.07) is 10.6. The van der Waals surface area contributed by atoms with Crippen molar-refractivity contribution in [3.63, 3.8) is 0 Å². The second-order valence-corrected chi connectivity index (χ2v) is 3.74. The van der Waals surface area contributed by atoms with E-state index in [1.165, 1.54) is 17.7 Å². The summed E-state index contributed by atoms with van der Waals surface area (Å²) in [5.41, 5.74) is 2.59. The number of fused-ring (bicyclic) bond motifs is 3. The lowest BCUT2D eigenvalue weighted by molar-refractivity contribution is 0.618. The Hall–Kier alpha value is -1.83. The highest BCUT2D eigenvalue weighted by molar-refractivity contribution is 6.04. The standard InChI is InChI=1S/C13H9FO/c1-8-2-5-12-11(6-8)10-4-3-9(14)7-13(10)15-12/h2-7H,1H3. The Morgan fingerprint density at radius 3 is 2.67 bits per heavy atom. The van der Waals surface area contributed by atoms with Gasteiger partial charge in [0, 0.05) is 16.8 Å². The molecule has 0 saturated heterocycles. The van der Waals surface area contributed by atoms with Crippen molar-refractivity contribution in [3.05, 3.63) is 47.8 Å². The molecule has 1 aromatic heterocycles. The zero-order valence-corrected chi connectivity index (χ0v) is 8.25. The molecule has 74 valence electrons. The van der Waals surface area contributed by atoms with E-state index in [0.29, 0.717) is 5.58 Å². The van der Waals surface area contributed by atoms with Gasteiger partial charge in [0.25, 0.3) is 0 Å². The lowest BCUT2D eigenvalue weighted by atomic mass is 10.1. The van der Waals surface area contributed by atoms with Gasteiger partial charge < -0.3 is 4.42 Å². The number of benzene rings is 2. The Kier molecular flexibility index (Phi) is 1.60. The number of aryl methyl sites for hydroxylation is 1. The van der Waals surface area contributed by atoms with Crippen molar-refractivity contribution in [2.75, 3.05) is 0 Å². The molecular weight excluding hydrogens is 191 g/mol. The minimum Gasteiger partial charge on any atom is -0.456 e. The molecule has 0 amide bonds. The molecule has 0 bridgehead atoms. The number of halogens is 1. The molecule has 0 fully saturated rings. The molecule has 2 heteroatoms. The fourth-order valence-electron chi connectivity index (χ4n) is 1.86. The van der Waals surface area contributed by atoms with Crippen molar-refractivity contribution in [1.29, 1.82) is 0 Å². The third-order valence-corrected chi connectivity index (χ3v) is 2.59. The van der Waals surface area contributed by atoms with Crippen LogP contribution in [-0.4, -0.2) is 0 Å². The van der Waals surface area contributed by atoms with E-state index in [9.17, 15) is 4.39 Å². The monoisotopic (exact) mass is 200 g/mol. The molecule has 0 aliphatic carbocycles. The van der Waals surface area contributed by atoms with Crippen molar-refractivity contribution >= 4 is 21.9 Å². The van der Waals surface area contributed by atoms with Gasteiger partial charge in [-0.2, -0.15) is 0 Å². The minimum atomic E-state index is -0.265. The first kappa shape index (κ1) is 8.48. The summed E-state index contributed by atoms with van der Waals surface area (Å²) >= 11 is 0. The third kappa shape index (κ3) is 1.22. The van der Waals surface area contributed by atoms with E-state index in [2.05, 4.69) is 6.07 Å². The van der Waals surface area contributed by atoms with Gasteiger partial charge in [-0.15, -0.1) is 0 Å². The average Bonchev–Trinajstić information content (AvgIpc) is 2.54. The van der Waals surface area contributed by atoms with E-state index in [4.69, 9.17) is 4.42 Å². The predicted molar refractivity (Wildman–Crippen MR) is 58.4 cm³/mol. The first-order chi connectivity index (χ1) is 7.24. The number of hydrogen-bond acceptors (Lipinski definition) is 1. The van der Waals surface area contributed by atoms with Gasteiger partial charge in [0.05, 0.1) is 0 Å². The molecule has 0 unspecified atom stereocenters. The fraction of sp³-hybridized carbons (Fsp3) is 0.0769. The highest BCUT2D eigenvalue weighted by atomic mass is 19.1. The Bertz CT molecular complexity index is 652. The molecule has 1 nitrogen and oxygen atoms in total. The van der Waals surface area contributed by atoms with Crippen LogP contribution < -0.4 is 0 Å². The van der Waals surface area contributed by atoms with Crippen LogP contribution in [0.25, 0.3) is 21.9 Å². The maximum Gasteiger partial charge on any atom is 0.138 e. The Labute approximate surface area is 86.1 Å². The molecule has 2 aromatic carbocycles. The highest BCUT2D eigenvalue weighted by Gasteiger charge is 2.06. The van der Waals surface area contributed by atoms with Crippen molar-refractivity contribution in [2.24, 2.45) is 0 Å². The summed E-state index contributed by atoms with van der Waals surface area (Å²) < 4.78 is 18.5. The summed E-state index contributed by atoms with van der Waals surface area (Å²) in [6.45, 7) is 2.03. The van der Waals surface area contributed by atoms with Crippen LogP contribution >= 0.6 is 0 Å². The van der Waals surface area contributed by atoms with Crippen LogP contribution in [0.1, 0.15) is 5.56 Å². The Morgan fingerprint density at radius 1 is 0.933 bits per heavy atom. The van der Waals surface area contributed by atoms with Gasteiger partial charge >= 0.3 is 0 Å². The number of hydrogen-bond donors (Lipinski definition) is 0. The quantitative estimate of drug-likeness (QED) is 0.534. The van der Waals surface area contributed by atoms with Crippen molar-refractivity contribution < 1.29 is 8.81 Å². The second-order valence-electron chi connectivity index (χ2n) is 3.74. The van der Waals surface area contributed by atoms with Crippen LogP contribution in [0.5, 0.6) is 0 Å². The van der Waals surface area contributed by atoms with Crippen LogP contribution in [0, 0.1) is 12.7 Å². The molecule has 0 atom stereocenters. The SMILES string of the molecule is Cc1ccc2oc3cc(F)ccc3c2c1. The molecule has 0 radical (unpaired) electrons.